The third-order valence-corrected chi connectivity index (χ3v) is 5.18. The molecule has 0 saturated carbocycles. The number of fused-ring (bicyclic) bond motifs is 4. The Morgan fingerprint density at radius 1 is 1.14 bits per heavy atom. The van der Waals surface area contributed by atoms with Gasteiger partial charge in [-0.3, -0.25) is 0 Å². The lowest BCUT2D eigenvalue weighted by atomic mass is 10.0. The normalized spacial score (nSPS) is 17.0. The molecule has 0 amide bonds. The highest BCUT2D eigenvalue weighted by Crippen LogP contribution is 2.41. The molecule has 0 N–H and O–H groups in total. The topological polar surface area (TPSA) is 16.1 Å². The van der Waals surface area contributed by atoms with Gasteiger partial charge in [-0.25, -0.2) is 4.98 Å². The molecule has 0 spiro atoms. The van der Waals surface area contributed by atoms with Gasteiger partial charge in [0.05, 0.1) is 23.5 Å². The Hall–Kier alpha value is -2.35. The molecule has 0 radical (unpaired) electrons. The molecule has 4 rings (SSSR count). The van der Waals surface area contributed by atoms with Crippen molar-refractivity contribution in [3.8, 4) is 0 Å². The molecule has 1 aromatic carbocycles. The van der Waals surface area contributed by atoms with Crippen LogP contribution < -0.4 is 0 Å². The van der Waals surface area contributed by atoms with Gasteiger partial charge in [0.2, 0.25) is 0 Å². The number of aromatic nitrogens is 1. The smallest absolute Gasteiger partial charge is 0.0924 e. The Labute approximate surface area is 131 Å². The van der Waals surface area contributed by atoms with Crippen molar-refractivity contribution in [1.82, 2.24) is 9.88 Å². The van der Waals surface area contributed by atoms with Crippen molar-refractivity contribution in [3.05, 3.63) is 70.1 Å². The van der Waals surface area contributed by atoms with Crippen molar-refractivity contribution in [3.63, 3.8) is 0 Å². The molecule has 0 fully saturated rings. The summed E-state index contributed by atoms with van der Waals surface area (Å²) in [6.45, 7) is 13.8. The highest BCUT2D eigenvalue weighted by Gasteiger charge is 2.31. The minimum Gasteiger partial charge on any atom is -0.335 e. The summed E-state index contributed by atoms with van der Waals surface area (Å²) < 4.78 is 0. The van der Waals surface area contributed by atoms with E-state index in [1.54, 1.807) is 0 Å². The summed E-state index contributed by atoms with van der Waals surface area (Å²) in [4.78, 5) is 7.26. The summed E-state index contributed by atoms with van der Waals surface area (Å²) in [5.74, 6) is 0. The molecular weight excluding hydrogens is 268 g/mol. The van der Waals surface area contributed by atoms with E-state index in [1.165, 1.54) is 38.9 Å². The van der Waals surface area contributed by atoms with Gasteiger partial charge in [-0.2, -0.15) is 0 Å². The zero-order valence-corrected chi connectivity index (χ0v) is 13.6. The number of nitrogens with zero attached hydrogens (tertiary/aromatic N) is 2. The fourth-order valence-corrected chi connectivity index (χ4v) is 3.39. The van der Waals surface area contributed by atoms with Crippen molar-refractivity contribution < 1.29 is 0 Å². The molecule has 2 aromatic rings. The van der Waals surface area contributed by atoms with Gasteiger partial charge in [0.15, 0.2) is 0 Å². The number of pyridine rings is 1. The number of hydrogen-bond donors (Lipinski definition) is 0. The zero-order valence-electron chi connectivity index (χ0n) is 13.6. The van der Waals surface area contributed by atoms with Crippen LogP contribution >= 0.6 is 0 Å². The van der Waals surface area contributed by atoms with Crippen molar-refractivity contribution in [2.75, 3.05) is 0 Å². The maximum absolute atomic E-state index is 4.96. The van der Waals surface area contributed by atoms with Crippen molar-refractivity contribution >= 4 is 16.6 Å². The van der Waals surface area contributed by atoms with Gasteiger partial charge in [-0.05, 0) is 68.2 Å². The third-order valence-electron chi connectivity index (χ3n) is 5.18. The average molecular weight is 288 g/mol. The van der Waals surface area contributed by atoms with Crippen LogP contribution in [0.15, 0.2) is 47.7 Å². The molecule has 3 heterocycles. The van der Waals surface area contributed by atoms with Crippen LogP contribution in [0.4, 0.5) is 0 Å². The van der Waals surface area contributed by atoms with Crippen LogP contribution in [0.1, 0.15) is 36.2 Å². The van der Waals surface area contributed by atoms with Crippen LogP contribution in [0.2, 0.25) is 0 Å². The van der Waals surface area contributed by atoms with Crippen LogP contribution in [0, 0.1) is 13.8 Å². The van der Waals surface area contributed by atoms with E-state index in [2.05, 4.69) is 63.4 Å². The van der Waals surface area contributed by atoms with E-state index in [9.17, 15) is 0 Å². The first-order valence-electron chi connectivity index (χ1n) is 7.73. The number of allylic oxidation sites excluding steroid dienone is 3. The lowest BCUT2D eigenvalue weighted by Crippen LogP contribution is -2.18. The van der Waals surface area contributed by atoms with E-state index >= 15 is 0 Å². The van der Waals surface area contributed by atoms with E-state index in [1.807, 2.05) is 0 Å². The first-order chi connectivity index (χ1) is 10.5. The lowest BCUT2D eigenvalue weighted by Gasteiger charge is -2.28. The molecule has 110 valence electrons. The number of rotatable bonds is 0. The van der Waals surface area contributed by atoms with Gasteiger partial charge in [0, 0.05) is 16.6 Å². The maximum Gasteiger partial charge on any atom is 0.0924 e. The predicted molar refractivity (Wildman–Crippen MR) is 92.3 cm³/mol. The molecule has 0 aliphatic carbocycles. The Bertz CT molecular complexity index is 913. The van der Waals surface area contributed by atoms with Gasteiger partial charge in [0.1, 0.15) is 0 Å². The first-order valence-corrected chi connectivity index (χ1v) is 7.73. The second-order valence-electron chi connectivity index (χ2n) is 6.44. The van der Waals surface area contributed by atoms with Crippen LogP contribution in [-0.2, 0) is 6.54 Å². The summed E-state index contributed by atoms with van der Waals surface area (Å²) in [7, 11) is 0. The Balaban J connectivity index is 1.98. The minimum atomic E-state index is 0.876. The largest absolute Gasteiger partial charge is 0.335 e. The van der Waals surface area contributed by atoms with Gasteiger partial charge in [-0.1, -0.05) is 12.6 Å². The second kappa shape index (κ2) is 4.33. The predicted octanol–water partition coefficient (Wildman–Crippen LogP) is 4.87. The van der Waals surface area contributed by atoms with Crippen LogP contribution in [0.3, 0.4) is 0 Å². The molecule has 2 nitrogen and oxygen atoms in total. The summed E-state index contributed by atoms with van der Waals surface area (Å²) >= 11 is 0. The Kier molecular flexibility index (Phi) is 2.62. The van der Waals surface area contributed by atoms with Crippen molar-refractivity contribution in [1.29, 1.82) is 0 Å². The maximum atomic E-state index is 4.96. The molecule has 0 bridgehead atoms. The molecule has 0 unspecified atom stereocenters. The van der Waals surface area contributed by atoms with Gasteiger partial charge in [0.25, 0.3) is 0 Å². The van der Waals surface area contributed by atoms with Crippen molar-refractivity contribution in [2.24, 2.45) is 0 Å². The van der Waals surface area contributed by atoms with Gasteiger partial charge < -0.3 is 4.90 Å². The van der Waals surface area contributed by atoms with Crippen LogP contribution in [-0.4, -0.2) is 9.88 Å². The average Bonchev–Trinajstić information content (AvgIpc) is 2.85. The standard InChI is InChI=1S/C20H20N2/c1-11-6-7-18-17(14(11)4)9-16-10-22-15(5)13(3)12(2)8-19(22)20(16)21-18/h6-9H,5,10H2,1-4H3. The van der Waals surface area contributed by atoms with Crippen molar-refractivity contribution in [2.45, 2.75) is 34.2 Å². The van der Waals surface area contributed by atoms with Crippen LogP contribution in [0.5, 0.6) is 0 Å². The molecule has 0 saturated heterocycles. The first kappa shape index (κ1) is 13.3. The van der Waals surface area contributed by atoms with E-state index in [4.69, 9.17) is 4.98 Å². The summed E-state index contributed by atoms with van der Waals surface area (Å²) in [5.41, 5.74) is 11.0. The molecule has 0 atom stereocenters. The van der Waals surface area contributed by atoms with E-state index in [-0.39, 0.29) is 0 Å². The summed E-state index contributed by atoms with van der Waals surface area (Å²) in [5, 5.41) is 1.27. The fourth-order valence-electron chi connectivity index (χ4n) is 3.39. The molecule has 2 aliphatic heterocycles. The quantitative estimate of drug-likeness (QED) is 0.687. The molecule has 1 aromatic heterocycles. The molecule has 22 heavy (non-hydrogen) atoms. The number of aryl methyl sites for hydroxylation is 2. The van der Waals surface area contributed by atoms with E-state index in [0.29, 0.717) is 0 Å². The molecule has 2 aliphatic rings. The minimum absolute atomic E-state index is 0.876. The lowest BCUT2D eigenvalue weighted by molar-refractivity contribution is 0.512. The highest BCUT2D eigenvalue weighted by molar-refractivity contribution is 5.88. The van der Waals surface area contributed by atoms with E-state index in [0.717, 1.165) is 23.5 Å². The molecular formula is C20H20N2. The highest BCUT2D eigenvalue weighted by atomic mass is 15.2. The SMILES string of the molecule is C=C1C(C)=C(C)C=C2c3nc4ccc(C)c(C)c4cc3CN12. The fraction of sp³-hybridized carbons (Fsp3) is 0.250. The van der Waals surface area contributed by atoms with E-state index < -0.39 is 0 Å². The third kappa shape index (κ3) is 1.64. The Morgan fingerprint density at radius 2 is 1.91 bits per heavy atom. The zero-order chi connectivity index (χ0) is 15.6. The second-order valence-corrected chi connectivity index (χ2v) is 6.44. The monoisotopic (exact) mass is 288 g/mol. The Morgan fingerprint density at radius 3 is 2.68 bits per heavy atom. The number of benzene rings is 1. The summed E-state index contributed by atoms with van der Waals surface area (Å²) in [6.07, 6.45) is 2.25. The van der Waals surface area contributed by atoms with Gasteiger partial charge >= 0.3 is 0 Å². The summed E-state index contributed by atoms with van der Waals surface area (Å²) in [6, 6.07) is 6.61. The van der Waals surface area contributed by atoms with Gasteiger partial charge in [-0.15, -0.1) is 0 Å². The number of hydrogen-bond acceptors (Lipinski definition) is 2. The van der Waals surface area contributed by atoms with Crippen LogP contribution in [0.25, 0.3) is 16.6 Å². The molecule has 2 heteroatoms.